The van der Waals surface area contributed by atoms with Crippen LogP contribution in [0.1, 0.15) is 31.7 Å². The van der Waals surface area contributed by atoms with E-state index in [1.165, 1.54) is 12.0 Å². The van der Waals surface area contributed by atoms with Gasteiger partial charge in [-0.1, -0.05) is 36.8 Å². The Labute approximate surface area is 102 Å². The molecule has 1 aliphatic rings. The Morgan fingerprint density at radius 1 is 1.41 bits per heavy atom. The quantitative estimate of drug-likeness (QED) is 0.813. The van der Waals surface area contributed by atoms with E-state index < -0.39 is 5.54 Å². The van der Waals surface area contributed by atoms with Gasteiger partial charge in [0, 0.05) is 6.54 Å². The summed E-state index contributed by atoms with van der Waals surface area (Å²) in [5.74, 6) is 0.154. The molecule has 2 rings (SSSR count). The lowest BCUT2D eigenvalue weighted by atomic mass is 9.71. The zero-order valence-electron chi connectivity index (χ0n) is 10.3. The van der Waals surface area contributed by atoms with Crippen molar-refractivity contribution in [2.75, 3.05) is 0 Å². The van der Waals surface area contributed by atoms with Gasteiger partial charge in [0.2, 0.25) is 5.91 Å². The number of primary amides is 1. The SMILES string of the molecule is CC(NCc1ccccc1)(C(N)=O)C1CCC1. The Hall–Kier alpha value is -1.35. The van der Waals surface area contributed by atoms with Gasteiger partial charge >= 0.3 is 0 Å². The Bertz CT molecular complexity index is 386. The number of rotatable bonds is 5. The third-order valence-corrected chi connectivity index (χ3v) is 3.94. The number of nitrogens with one attached hydrogen (secondary N) is 1. The van der Waals surface area contributed by atoms with E-state index in [1.54, 1.807) is 0 Å². The van der Waals surface area contributed by atoms with Gasteiger partial charge < -0.3 is 5.73 Å². The first-order valence-corrected chi connectivity index (χ1v) is 6.22. The normalized spacial score (nSPS) is 19.4. The van der Waals surface area contributed by atoms with E-state index in [2.05, 4.69) is 17.4 Å². The molecule has 0 heterocycles. The second-order valence-electron chi connectivity index (χ2n) is 5.03. The van der Waals surface area contributed by atoms with E-state index in [0.29, 0.717) is 12.5 Å². The standard InChI is InChI=1S/C14H20N2O/c1-14(13(15)17,12-8-5-9-12)16-10-11-6-3-2-4-7-11/h2-4,6-7,12,16H,5,8-10H2,1H3,(H2,15,17). The van der Waals surface area contributed by atoms with Crippen LogP contribution in [0.3, 0.4) is 0 Å². The molecular formula is C14H20N2O. The summed E-state index contributed by atoms with van der Waals surface area (Å²) < 4.78 is 0. The number of carbonyl (C=O) groups excluding carboxylic acids is 1. The van der Waals surface area contributed by atoms with Crippen LogP contribution in [-0.4, -0.2) is 11.4 Å². The maximum Gasteiger partial charge on any atom is 0.237 e. The van der Waals surface area contributed by atoms with E-state index in [1.807, 2.05) is 25.1 Å². The first-order chi connectivity index (χ1) is 8.13. The first-order valence-electron chi connectivity index (χ1n) is 6.22. The highest BCUT2D eigenvalue weighted by Gasteiger charge is 2.42. The van der Waals surface area contributed by atoms with Crippen LogP contribution in [0.15, 0.2) is 30.3 Å². The van der Waals surface area contributed by atoms with Crippen LogP contribution in [0, 0.1) is 5.92 Å². The molecule has 0 spiro atoms. The highest BCUT2D eigenvalue weighted by Crippen LogP contribution is 2.36. The molecule has 1 saturated carbocycles. The van der Waals surface area contributed by atoms with Crippen molar-refractivity contribution in [2.45, 2.75) is 38.3 Å². The minimum absolute atomic E-state index is 0.238. The van der Waals surface area contributed by atoms with Gasteiger partial charge in [-0.2, -0.15) is 0 Å². The van der Waals surface area contributed by atoms with Crippen molar-refractivity contribution in [1.82, 2.24) is 5.32 Å². The van der Waals surface area contributed by atoms with Crippen LogP contribution < -0.4 is 11.1 Å². The molecule has 0 saturated heterocycles. The minimum atomic E-state index is -0.561. The number of nitrogens with two attached hydrogens (primary N) is 1. The van der Waals surface area contributed by atoms with Crippen LogP contribution in [0.25, 0.3) is 0 Å². The van der Waals surface area contributed by atoms with E-state index in [0.717, 1.165) is 12.8 Å². The molecule has 3 N–H and O–H groups in total. The van der Waals surface area contributed by atoms with Crippen molar-refractivity contribution in [2.24, 2.45) is 11.7 Å². The molecule has 1 aromatic rings. The highest BCUT2D eigenvalue weighted by molar-refractivity contribution is 5.84. The van der Waals surface area contributed by atoms with Gasteiger partial charge in [0.05, 0.1) is 5.54 Å². The van der Waals surface area contributed by atoms with Crippen LogP contribution in [0.4, 0.5) is 0 Å². The van der Waals surface area contributed by atoms with E-state index in [9.17, 15) is 4.79 Å². The molecule has 1 aliphatic carbocycles. The summed E-state index contributed by atoms with van der Waals surface area (Å²) in [4.78, 5) is 11.6. The number of benzene rings is 1. The molecule has 3 heteroatoms. The largest absolute Gasteiger partial charge is 0.368 e. The summed E-state index contributed by atoms with van der Waals surface area (Å²) in [5, 5.41) is 3.34. The van der Waals surface area contributed by atoms with Crippen molar-refractivity contribution in [3.05, 3.63) is 35.9 Å². The third kappa shape index (κ3) is 2.50. The maximum absolute atomic E-state index is 11.6. The molecule has 0 radical (unpaired) electrons. The minimum Gasteiger partial charge on any atom is -0.368 e. The maximum atomic E-state index is 11.6. The lowest BCUT2D eigenvalue weighted by molar-refractivity contribution is -0.127. The molecule has 17 heavy (non-hydrogen) atoms. The van der Waals surface area contributed by atoms with Crippen LogP contribution in [0.5, 0.6) is 0 Å². The monoisotopic (exact) mass is 232 g/mol. The first kappa shape index (κ1) is 12.1. The van der Waals surface area contributed by atoms with E-state index in [4.69, 9.17) is 5.73 Å². The average Bonchev–Trinajstić information content (AvgIpc) is 2.25. The molecule has 0 aliphatic heterocycles. The molecular weight excluding hydrogens is 212 g/mol. The summed E-state index contributed by atoms with van der Waals surface area (Å²) in [5.41, 5.74) is 6.16. The summed E-state index contributed by atoms with van der Waals surface area (Å²) in [6.07, 6.45) is 3.41. The van der Waals surface area contributed by atoms with Gasteiger partial charge in [0.25, 0.3) is 0 Å². The van der Waals surface area contributed by atoms with Crippen LogP contribution >= 0.6 is 0 Å². The molecule has 1 amide bonds. The summed E-state index contributed by atoms with van der Waals surface area (Å²) in [7, 11) is 0. The molecule has 1 aromatic carbocycles. The second kappa shape index (κ2) is 4.88. The molecule has 0 bridgehead atoms. The zero-order valence-corrected chi connectivity index (χ0v) is 10.3. The smallest absolute Gasteiger partial charge is 0.237 e. The second-order valence-corrected chi connectivity index (χ2v) is 5.03. The van der Waals surface area contributed by atoms with Crippen molar-refractivity contribution >= 4 is 5.91 Å². The summed E-state index contributed by atoms with van der Waals surface area (Å²) >= 11 is 0. The predicted molar refractivity (Wildman–Crippen MR) is 68.2 cm³/mol. The number of hydrogen-bond donors (Lipinski definition) is 2. The summed E-state index contributed by atoms with van der Waals surface area (Å²) in [6, 6.07) is 10.1. The van der Waals surface area contributed by atoms with Crippen molar-refractivity contribution in [3.8, 4) is 0 Å². The lowest BCUT2D eigenvalue weighted by Crippen LogP contribution is -2.59. The van der Waals surface area contributed by atoms with Crippen molar-refractivity contribution in [3.63, 3.8) is 0 Å². The van der Waals surface area contributed by atoms with Gasteiger partial charge in [-0.25, -0.2) is 0 Å². The zero-order chi connectivity index (χ0) is 12.3. The van der Waals surface area contributed by atoms with Crippen molar-refractivity contribution < 1.29 is 4.79 Å². The van der Waals surface area contributed by atoms with Gasteiger partial charge in [0.1, 0.15) is 0 Å². The topological polar surface area (TPSA) is 55.1 Å². The fraction of sp³-hybridized carbons (Fsp3) is 0.500. The molecule has 1 atom stereocenters. The third-order valence-electron chi connectivity index (χ3n) is 3.94. The Balaban J connectivity index is 2.01. The molecule has 1 fully saturated rings. The van der Waals surface area contributed by atoms with Gasteiger partial charge in [-0.3, -0.25) is 10.1 Å². The van der Waals surface area contributed by atoms with Gasteiger partial charge in [-0.15, -0.1) is 0 Å². The van der Waals surface area contributed by atoms with Crippen LogP contribution in [-0.2, 0) is 11.3 Å². The molecule has 92 valence electrons. The average molecular weight is 232 g/mol. The number of amides is 1. The fourth-order valence-electron chi connectivity index (χ4n) is 2.30. The number of carbonyl (C=O) groups is 1. The molecule has 3 nitrogen and oxygen atoms in total. The Kier molecular flexibility index (Phi) is 3.48. The predicted octanol–water partition coefficient (Wildman–Crippen LogP) is 1.82. The highest BCUT2D eigenvalue weighted by atomic mass is 16.1. The van der Waals surface area contributed by atoms with E-state index >= 15 is 0 Å². The Morgan fingerprint density at radius 3 is 2.53 bits per heavy atom. The fourth-order valence-corrected chi connectivity index (χ4v) is 2.30. The Morgan fingerprint density at radius 2 is 2.06 bits per heavy atom. The number of hydrogen-bond acceptors (Lipinski definition) is 2. The summed E-state index contributed by atoms with van der Waals surface area (Å²) in [6.45, 7) is 2.62. The lowest BCUT2D eigenvalue weighted by Gasteiger charge is -2.41. The molecule has 0 aromatic heterocycles. The van der Waals surface area contributed by atoms with Crippen LogP contribution in [0.2, 0.25) is 0 Å². The van der Waals surface area contributed by atoms with E-state index in [-0.39, 0.29) is 5.91 Å². The van der Waals surface area contributed by atoms with Crippen molar-refractivity contribution in [1.29, 1.82) is 0 Å². The molecule has 1 unspecified atom stereocenters. The van der Waals surface area contributed by atoms with Gasteiger partial charge in [0.15, 0.2) is 0 Å². The van der Waals surface area contributed by atoms with Gasteiger partial charge in [-0.05, 0) is 31.2 Å².